The van der Waals surface area contributed by atoms with Crippen molar-refractivity contribution >= 4 is 5.91 Å². The first-order valence-electron chi connectivity index (χ1n) is 8.42. The number of alkyl halides is 3. The van der Waals surface area contributed by atoms with Gasteiger partial charge < -0.3 is 10.3 Å². The zero-order valence-corrected chi connectivity index (χ0v) is 13.9. The summed E-state index contributed by atoms with van der Waals surface area (Å²) in [6, 6.07) is 2.98. The van der Waals surface area contributed by atoms with E-state index >= 15 is 0 Å². The highest BCUT2D eigenvalue weighted by Crippen LogP contribution is 2.39. The summed E-state index contributed by atoms with van der Waals surface area (Å²) in [5, 5.41) is 6.64. The van der Waals surface area contributed by atoms with Crippen molar-refractivity contribution in [1.29, 1.82) is 0 Å². The van der Waals surface area contributed by atoms with E-state index in [4.69, 9.17) is 0 Å². The highest BCUT2D eigenvalue weighted by molar-refractivity contribution is 5.93. The summed E-state index contributed by atoms with van der Waals surface area (Å²) in [6.45, 7) is 0.268. The fourth-order valence-corrected chi connectivity index (χ4v) is 3.21. The van der Waals surface area contributed by atoms with Crippen molar-refractivity contribution in [3.63, 3.8) is 0 Å². The van der Waals surface area contributed by atoms with Crippen molar-refractivity contribution in [3.05, 3.63) is 46.5 Å². The van der Waals surface area contributed by atoms with Crippen LogP contribution in [0.2, 0.25) is 0 Å². The van der Waals surface area contributed by atoms with Gasteiger partial charge in [-0.2, -0.15) is 18.3 Å². The van der Waals surface area contributed by atoms with Gasteiger partial charge in [0.15, 0.2) is 5.43 Å². The Morgan fingerprint density at radius 1 is 1.31 bits per heavy atom. The van der Waals surface area contributed by atoms with Crippen LogP contribution in [0.15, 0.2) is 35.5 Å². The molecule has 0 aromatic carbocycles. The predicted molar refractivity (Wildman–Crippen MR) is 88.0 cm³/mol. The maximum atomic E-state index is 12.7. The van der Waals surface area contributed by atoms with Crippen molar-refractivity contribution in [2.24, 2.45) is 11.8 Å². The molecule has 0 aliphatic heterocycles. The molecule has 1 aliphatic carbocycles. The van der Waals surface area contributed by atoms with Crippen LogP contribution in [0.1, 0.15) is 36.0 Å². The van der Waals surface area contributed by atoms with Crippen molar-refractivity contribution in [2.75, 3.05) is 6.54 Å². The Bertz CT molecular complexity index is 806. The van der Waals surface area contributed by atoms with Gasteiger partial charge >= 0.3 is 6.18 Å². The van der Waals surface area contributed by atoms with E-state index in [1.54, 1.807) is 18.5 Å². The summed E-state index contributed by atoms with van der Waals surface area (Å²) in [7, 11) is 0. The monoisotopic (exact) mass is 368 g/mol. The first-order valence-corrected chi connectivity index (χ1v) is 8.42. The van der Waals surface area contributed by atoms with Gasteiger partial charge in [-0.25, -0.2) is 4.68 Å². The third-order valence-electron chi connectivity index (χ3n) is 4.75. The molecule has 6 nitrogen and oxygen atoms in total. The van der Waals surface area contributed by atoms with Crippen LogP contribution in [-0.4, -0.2) is 33.4 Å². The Labute approximate surface area is 147 Å². The van der Waals surface area contributed by atoms with Crippen LogP contribution in [0.5, 0.6) is 0 Å². The zero-order valence-electron chi connectivity index (χ0n) is 13.9. The van der Waals surface area contributed by atoms with Crippen LogP contribution >= 0.6 is 0 Å². The van der Waals surface area contributed by atoms with Crippen molar-refractivity contribution in [2.45, 2.75) is 31.9 Å². The lowest BCUT2D eigenvalue weighted by Crippen LogP contribution is -2.35. The number of rotatable bonds is 4. The maximum Gasteiger partial charge on any atom is 0.391 e. The average Bonchev–Trinajstić information content (AvgIpc) is 3.14. The second-order valence-electron chi connectivity index (χ2n) is 6.52. The number of amides is 1. The van der Waals surface area contributed by atoms with Crippen LogP contribution < -0.4 is 10.7 Å². The molecule has 0 atom stereocenters. The Morgan fingerprint density at radius 2 is 2.04 bits per heavy atom. The average molecular weight is 368 g/mol. The zero-order chi connectivity index (χ0) is 18.7. The standard InChI is InChI=1S/C17H19F3N4O2/c18-17(19,20)12-4-2-11(3-5-12)9-22-16(26)13-10-21-15(8-14(13)25)24-7-1-6-23-24/h1,6-8,10-12H,2-5,9H2,(H,21,25)(H,22,26). The minimum Gasteiger partial charge on any atom is -0.352 e. The third kappa shape index (κ3) is 4.14. The first-order chi connectivity index (χ1) is 12.3. The second kappa shape index (κ2) is 7.35. The van der Waals surface area contributed by atoms with Crippen molar-refractivity contribution in [3.8, 4) is 5.82 Å². The minimum atomic E-state index is -4.14. The number of hydrogen-bond acceptors (Lipinski definition) is 3. The van der Waals surface area contributed by atoms with E-state index < -0.39 is 23.4 Å². The molecular weight excluding hydrogens is 349 g/mol. The Morgan fingerprint density at radius 3 is 2.62 bits per heavy atom. The van der Waals surface area contributed by atoms with Crippen LogP contribution in [-0.2, 0) is 0 Å². The van der Waals surface area contributed by atoms with E-state index in [0.717, 1.165) is 0 Å². The lowest BCUT2D eigenvalue weighted by Gasteiger charge is -2.29. The molecule has 2 heterocycles. The molecule has 0 bridgehead atoms. The predicted octanol–water partition coefficient (Wildman–Crippen LogP) is 2.66. The fraction of sp³-hybridized carbons (Fsp3) is 0.471. The number of pyridine rings is 1. The number of carbonyl (C=O) groups excluding carboxylic acids is 1. The SMILES string of the molecule is O=C(NCC1CCC(C(F)(F)F)CC1)c1c[nH]c(-n2cccn2)cc1=O. The van der Waals surface area contributed by atoms with E-state index in [-0.39, 0.29) is 30.9 Å². The quantitative estimate of drug-likeness (QED) is 0.871. The molecule has 1 saturated carbocycles. The molecule has 0 spiro atoms. The molecular formula is C17H19F3N4O2. The van der Waals surface area contributed by atoms with E-state index in [1.807, 2.05) is 0 Å². The number of H-pyrrole nitrogens is 1. The smallest absolute Gasteiger partial charge is 0.352 e. The van der Waals surface area contributed by atoms with Gasteiger partial charge in [-0.1, -0.05) is 0 Å². The molecule has 0 radical (unpaired) electrons. The van der Waals surface area contributed by atoms with E-state index in [2.05, 4.69) is 15.4 Å². The Kier molecular flexibility index (Phi) is 5.15. The third-order valence-corrected chi connectivity index (χ3v) is 4.75. The molecule has 2 aromatic rings. The molecule has 1 fully saturated rings. The summed E-state index contributed by atoms with van der Waals surface area (Å²) in [4.78, 5) is 27.2. The molecule has 3 rings (SSSR count). The van der Waals surface area contributed by atoms with Crippen LogP contribution in [0.3, 0.4) is 0 Å². The maximum absolute atomic E-state index is 12.7. The van der Waals surface area contributed by atoms with Crippen LogP contribution in [0, 0.1) is 11.8 Å². The van der Waals surface area contributed by atoms with Gasteiger partial charge in [0.1, 0.15) is 11.4 Å². The van der Waals surface area contributed by atoms with Gasteiger partial charge in [0.2, 0.25) is 0 Å². The summed E-state index contributed by atoms with van der Waals surface area (Å²) in [6.07, 6.45) is 1.40. The summed E-state index contributed by atoms with van der Waals surface area (Å²) in [5.74, 6) is -1.34. The van der Waals surface area contributed by atoms with Gasteiger partial charge in [-0.15, -0.1) is 0 Å². The van der Waals surface area contributed by atoms with Gasteiger partial charge in [-0.05, 0) is 37.7 Å². The topological polar surface area (TPSA) is 79.8 Å². The molecule has 140 valence electrons. The van der Waals surface area contributed by atoms with Gasteiger partial charge in [0, 0.05) is 31.2 Å². The fourth-order valence-electron chi connectivity index (χ4n) is 3.21. The largest absolute Gasteiger partial charge is 0.391 e. The molecule has 9 heteroatoms. The molecule has 1 aliphatic rings. The highest BCUT2D eigenvalue weighted by Gasteiger charge is 2.41. The van der Waals surface area contributed by atoms with Gasteiger partial charge in [0.05, 0.1) is 5.92 Å². The Balaban J connectivity index is 1.55. The molecule has 2 aromatic heterocycles. The highest BCUT2D eigenvalue weighted by atomic mass is 19.4. The number of hydrogen-bond donors (Lipinski definition) is 2. The van der Waals surface area contributed by atoms with Crippen LogP contribution in [0.25, 0.3) is 5.82 Å². The number of aromatic nitrogens is 3. The number of carbonyl (C=O) groups is 1. The molecule has 2 N–H and O–H groups in total. The van der Waals surface area contributed by atoms with Gasteiger partial charge in [0.25, 0.3) is 5.91 Å². The van der Waals surface area contributed by atoms with E-state index in [9.17, 15) is 22.8 Å². The van der Waals surface area contributed by atoms with E-state index in [0.29, 0.717) is 18.7 Å². The normalized spacial score (nSPS) is 20.7. The number of nitrogens with zero attached hydrogens (tertiary/aromatic N) is 2. The lowest BCUT2D eigenvalue weighted by molar-refractivity contribution is -0.183. The summed E-state index contributed by atoms with van der Waals surface area (Å²) in [5.41, 5.74) is -0.489. The van der Waals surface area contributed by atoms with E-state index in [1.165, 1.54) is 16.9 Å². The molecule has 0 saturated heterocycles. The number of aromatic amines is 1. The molecule has 1 amide bonds. The molecule has 26 heavy (non-hydrogen) atoms. The summed E-state index contributed by atoms with van der Waals surface area (Å²) < 4.78 is 39.5. The van der Waals surface area contributed by atoms with Crippen LogP contribution in [0.4, 0.5) is 13.2 Å². The minimum absolute atomic E-state index is 0.0000193. The molecule has 0 unspecified atom stereocenters. The Hall–Kier alpha value is -2.58. The van der Waals surface area contributed by atoms with Gasteiger partial charge in [-0.3, -0.25) is 9.59 Å². The van der Waals surface area contributed by atoms with Crippen molar-refractivity contribution in [1.82, 2.24) is 20.1 Å². The first kappa shape index (κ1) is 18.2. The number of halogens is 3. The number of nitrogens with one attached hydrogen (secondary N) is 2. The summed E-state index contributed by atoms with van der Waals surface area (Å²) >= 11 is 0. The van der Waals surface area contributed by atoms with Crippen molar-refractivity contribution < 1.29 is 18.0 Å². The lowest BCUT2D eigenvalue weighted by atomic mass is 9.81. The second-order valence-corrected chi connectivity index (χ2v) is 6.52.